The van der Waals surface area contributed by atoms with Crippen LogP contribution in [0.3, 0.4) is 0 Å². The Hall–Kier alpha value is -2.21. The van der Waals surface area contributed by atoms with Crippen molar-refractivity contribution in [2.75, 3.05) is 31.4 Å². The third kappa shape index (κ3) is 4.63. The molecule has 0 saturated heterocycles. The molecular formula is C17H19BrN2O3. The zero-order valence-corrected chi connectivity index (χ0v) is 14.9. The monoisotopic (exact) mass is 378 g/mol. The first kappa shape index (κ1) is 17.1. The highest BCUT2D eigenvalue weighted by Crippen LogP contribution is 2.28. The van der Waals surface area contributed by atoms with Crippen molar-refractivity contribution in [3.05, 3.63) is 46.4 Å². The van der Waals surface area contributed by atoms with E-state index in [0.29, 0.717) is 11.5 Å². The van der Waals surface area contributed by atoms with E-state index in [-0.39, 0.29) is 12.5 Å². The van der Waals surface area contributed by atoms with E-state index in [1.54, 1.807) is 26.4 Å². The molecule has 0 aromatic heterocycles. The molecule has 0 aliphatic heterocycles. The summed E-state index contributed by atoms with van der Waals surface area (Å²) >= 11 is 3.44. The van der Waals surface area contributed by atoms with Gasteiger partial charge in [-0.25, -0.2) is 0 Å². The molecule has 0 bridgehead atoms. The van der Waals surface area contributed by atoms with Gasteiger partial charge in [0.25, 0.3) is 0 Å². The number of carbonyl (C=O) groups is 1. The molecule has 2 aromatic rings. The van der Waals surface area contributed by atoms with Crippen molar-refractivity contribution in [2.24, 2.45) is 0 Å². The van der Waals surface area contributed by atoms with Crippen LogP contribution in [0.1, 0.15) is 5.56 Å². The fraction of sp³-hybridized carbons (Fsp3) is 0.235. The minimum Gasteiger partial charge on any atom is -0.497 e. The standard InChI is InChI=1S/C17H19BrN2O3/c1-11-8-12(4-6-14(11)18)20-17(21)10-19-15-7-5-13(22-2)9-16(15)23-3/h4-9,19H,10H2,1-3H3,(H,20,21). The molecule has 0 fully saturated rings. The van der Waals surface area contributed by atoms with E-state index >= 15 is 0 Å². The van der Waals surface area contributed by atoms with Crippen LogP contribution in [-0.2, 0) is 4.79 Å². The molecule has 0 saturated carbocycles. The average molecular weight is 379 g/mol. The smallest absolute Gasteiger partial charge is 0.243 e. The number of hydrogen-bond acceptors (Lipinski definition) is 4. The minimum absolute atomic E-state index is 0.135. The normalized spacial score (nSPS) is 10.1. The van der Waals surface area contributed by atoms with Crippen molar-refractivity contribution in [3.8, 4) is 11.5 Å². The number of methoxy groups -OCH3 is 2. The average Bonchev–Trinajstić information content (AvgIpc) is 2.56. The molecule has 23 heavy (non-hydrogen) atoms. The summed E-state index contributed by atoms with van der Waals surface area (Å²) in [5.41, 5.74) is 2.56. The molecule has 1 amide bonds. The van der Waals surface area contributed by atoms with E-state index in [9.17, 15) is 4.79 Å². The summed E-state index contributed by atoms with van der Waals surface area (Å²) in [4.78, 5) is 12.1. The van der Waals surface area contributed by atoms with Crippen molar-refractivity contribution < 1.29 is 14.3 Å². The number of aryl methyl sites for hydroxylation is 1. The highest BCUT2D eigenvalue weighted by molar-refractivity contribution is 9.10. The molecule has 0 aliphatic carbocycles. The van der Waals surface area contributed by atoms with E-state index in [1.807, 2.05) is 31.2 Å². The van der Waals surface area contributed by atoms with Crippen LogP contribution in [0.5, 0.6) is 11.5 Å². The molecule has 0 unspecified atom stereocenters. The third-order valence-corrected chi connectivity index (χ3v) is 4.18. The number of halogens is 1. The summed E-state index contributed by atoms with van der Waals surface area (Å²) in [5.74, 6) is 1.18. The van der Waals surface area contributed by atoms with Gasteiger partial charge in [0.05, 0.1) is 26.5 Å². The lowest BCUT2D eigenvalue weighted by Crippen LogP contribution is -2.22. The Labute approximate surface area is 144 Å². The largest absolute Gasteiger partial charge is 0.497 e. The van der Waals surface area contributed by atoms with Gasteiger partial charge in [-0.1, -0.05) is 15.9 Å². The summed E-state index contributed by atoms with van der Waals surface area (Å²) < 4.78 is 11.4. The van der Waals surface area contributed by atoms with Crippen molar-refractivity contribution in [2.45, 2.75) is 6.92 Å². The number of benzene rings is 2. The molecule has 0 radical (unpaired) electrons. The molecule has 0 aliphatic rings. The number of amides is 1. The van der Waals surface area contributed by atoms with Crippen molar-refractivity contribution in [1.29, 1.82) is 0 Å². The van der Waals surface area contributed by atoms with Gasteiger partial charge < -0.3 is 20.1 Å². The van der Waals surface area contributed by atoms with Crippen molar-refractivity contribution in [1.82, 2.24) is 0 Å². The SMILES string of the molecule is COc1ccc(NCC(=O)Nc2ccc(Br)c(C)c2)c(OC)c1. The number of anilines is 2. The van der Waals surface area contributed by atoms with E-state index in [2.05, 4.69) is 26.6 Å². The second kappa shape index (κ2) is 7.87. The summed E-state index contributed by atoms with van der Waals surface area (Å²) in [5, 5.41) is 5.91. The predicted octanol–water partition coefficient (Wildman–Crippen LogP) is 3.83. The number of hydrogen-bond donors (Lipinski definition) is 2. The van der Waals surface area contributed by atoms with Gasteiger partial charge in [-0.15, -0.1) is 0 Å². The minimum atomic E-state index is -0.135. The molecule has 6 heteroatoms. The summed E-state index contributed by atoms with van der Waals surface area (Å²) in [6.07, 6.45) is 0. The summed E-state index contributed by atoms with van der Waals surface area (Å²) in [6, 6.07) is 11.1. The Morgan fingerprint density at radius 3 is 2.57 bits per heavy atom. The Kier molecular flexibility index (Phi) is 5.87. The molecule has 5 nitrogen and oxygen atoms in total. The molecule has 0 atom stereocenters. The van der Waals surface area contributed by atoms with Crippen molar-refractivity contribution in [3.63, 3.8) is 0 Å². The van der Waals surface area contributed by atoms with Gasteiger partial charge in [-0.2, -0.15) is 0 Å². The quantitative estimate of drug-likeness (QED) is 0.801. The number of rotatable bonds is 6. The lowest BCUT2D eigenvalue weighted by atomic mass is 10.2. The second-order valence-corrected chi connectivity index (χ2v) is 5.79. The zero-order valence-electron chi connectivity index (χ0n) is 13.3. The van der Waals surface area contributed by atoms with Gasteiger partial charge in [0.2, 0.25) is 5.91 Å². The Morgan fingerprint density at radius 1 is 1.13 bits per heavy atom. The van der Waals surface area contributed by atoms with E-state index in [0.717, 1.165) is 21.4 Å². The van der Waals surface area contributed by atoms with Gasteiger partial charge in [-0.05, 0) is 42.8 Å². The lowest BCUT2D eigenvalue weighted by molar-refractivity contribution is -0.114. The first-order chi connectivity index (χ1) is 11.0. The van der Waals surface area contributed by atoms with Crippen LogP contribution < -0.4 is 20.1 Å². The zero-order chi connectivity index (χ0) is 16.8. The lowest BCUT2D eigenvalue weighted by Gasteiger charge is -2.13. The van der Waals surface area contributed by atoms with Gasteiger partial charge in [-0.3, -0.25) is 4.79 Å². The Morgan fingerprint density at radius 2 is 1.91 bits per heavy atom. The van der Waals surface area contributed by atoms with Crippen molar-refractivity contribution >= 4 is 33.2 Å². The van der Waals surface area contributed by atoms with Gasteiger partial charge in [0, 0.05) is 16.2 Å². The number of nitrogens with one attached hydrogen (secondary N) is 2. The van der Waals surface area contributed by atoms with Gasteiger partial charge in [0.15, 0.2) is 0 Å². The molecule has 0 spiro atoms. The van der Waals surface area contributed by atoms with Crippen LogP contribution in [-0.4, -0.2) is 26.7 Å². The highest BCUT2D eigenvalue weighted by Gasteiger charge is 2.08. The Balaban J connectivity index is 1.97. The van der Waals surface area contributed by atoms with Gasteiger partial charge in [0.1, 0.15) is 11.5 Å². The van der Waals surface area contributed by atoms with E-state index in [1.165, 1.54) is 0 Å². The predicted molar refractivity (Wildman–Crippen MR) is 95.5 cm³/mol. The van der Waals surface area contributed by atoms with Crippen LogP contribution in [0.4, 0.5) is 11.4 Å². The summed E-state index contributed by atoms with van der Waals surface area (Å²) in [6.45, 7) is 2.11. The maximum atomic E-state index is 12.1. The first-order valence-electron chi connectivity index (χ1n) is 7.05. The molecule has 2 rings (SSSR count). The van der Waals surface area contributed by atoms with Crippen LogP contribution in [0.2, 0.25) is 0 Å². The second-order valence-electron chi connectivity index (χ2n) is 4.93. The number of ether oxygens (including phenoxy) is 2. The number of carbonyl (C=O) groups excluding carboxylic acids is 1. The summed E-state index contributed by atoms with van der Waals surface area (Å²) in [7, 11) is 3.17. The van der Waals surface area contributed by atoms with Gasteiger partial charge >= 0.3 is 0 Å². The van der Waals surface area contributed by atoms with Crippen LogP contribution in [0.25, 0.3) is 0 Å². The molecule has 122 valence electrons. The topological polar surface area (TPSA) is 59.6 Å². The Bertz CT molecular complexity index is 704. The van der Waals surface area contributed by atoms with Crippen LogP contribution in [0.15, 0.2) is 40.9 Å². The van der Waals surface area contributed by atoms with E-state index < -0.39 is 0 Å². The van der Waals surface area contributed by atoms with E-state index in [4.69, 9.17) is 9.47 Å². The van der Waals surface area contributed by atoms with Crippen LogP contribution in [0, 0.1) is 6.92 Å². The molecular weight excluding hydrogens is 360 g/mol. The molecule has 2 N–H and O–H groups in total. The first-order valence-corrected chi connectivity index (χ1v) is 7.84. The fourth-order valence-electron chi connectivity index (χ4n) is 2.05. The van der Waals surface area contributed by atoms with Crippen LogP contribution >= 0.6 is 15.9 Å². The molecule has 2 aromatic carbocycles. The third-order valence-electron chi connectivity index (χ3n) is 3.29. The highest BCUT2D eigenvalue weighted by atomic mass is 79.9. The maximum Gasteiger partial charge on any atom is 0.243 e. The molecule has 0 heterocycles. The fourth-order valence-corrected chi connectivity index (χ4v) is 2.29. The maximum absolute atomic E-state index is 12.1.